The summed E-state index contributed by atoms with van der Waals surface area (Å²) < 4.78 is 5.29. The Labute approximate surface area is 117 Å². The Kier molecular flexibility index (Phi) is 6.79. The zero-order chi connectivity index (χ0) is 14.8. The Hall–Kier alpha value is -2.39. The van der Waals surface area contributed by atoms with Gasteiger partial charge in [0.15, 0.2) is 0 Å². The van der Waals surface area contributed by atoms with Gasteiger partial charge in [-0.05, 0) is 18.6 Å². The fourth-order valence-electron chi connectivity index (χ4n) is 1.43. The summed E-state index contributed by atoms with van der Waals surface area (Å²) >= 11 is 0. The molecule has 0 aliphatic carbocycles. The summed E-state index contributed by atoms with van der Waals surface area (Å²) in [6.07, 6.45) is -0.389. The highest BCUT2D eigenvalue weighted by Gasteiger charge is 2.21. The van der Waals surface area contributed by atoms with Crippen molar-refractivity contribution in [2.45, 2.75) is 19.6 Å². The van der Waals surface area contributed by atoms with Gasteiger partial charge in [-0.2, -0.15) is 5.26 Å². The first-order chi connectivity index (χ1) is 9.69. The molecule has 0 bridgehead atoms. The van der Waals surface area contributed by atoms with Crippen LogP contribution < -0.4 is 10.6 Å². The first-order valence-electron chi connectivity index (χ1n) is 6.31. The maximum absolute atomic E-state index is 12.0. The Morgan fingerprint density at radius 3 is 2.65 bits per heavy atom. The molecule has 1 atom stereocenters. The zero-order valence-electron chi connectivity index (χ0n) is 11.3. The van der Waals surface area contributed by atoms with Gasteiger partial charge in [0.1, 0.15) is 6.54 Å². The molecule has 1 unspecified atom stereocenters. The number of nitrogens with one attached hydrogen (secondary N) is 2. The van der Waals surface area contributed by atoms with Gasteiger partial charge in [-0.25, -0.2) is 0 Å². The average Bonchev–Trinajstić information content (AvgIpc) is 2.49. The first kappa shape index (κ1) is 15.7. The van der Waals surface area contributed by atoms with Gasteiger partial charge in [-0.1, -0.05) is 25.1 Å². The minimum Gasteiger partial charge on any atom is -0.350 e. The van der Waals surface area contributed by atoms with Crippen LogP contribution in [-0.4, -0.2) is 31.2 Å². The number of ether oxygens (including phenoxy) is 1. The van der Waals surface area contributed by atoms with E-state index in [1.807, 2.05) is 6.92 Å². The lowest BCUT2D eigenvalue weighted by molar-refractivity contribution is -0.134. The molecule has 1 aromatic rings. The van der Waals surface area contributed by atoms with E-state index in [0.29, 0.717) is 18.6 Å². The molecule has 0 aromatic heterocycles. The summed E-state index contributed by atoms with van der Waals surface area (Å²) in [7, 11) is 0. The quantitative estimate of drug-likeness (QED) is 0.569. The molecular weight excluding hydrogens is 258 g/mol. The smallest absolute Gasteiger partial charge is 0.270 e. The van der Waals surface area contributed by atoms with Crippen LogP contribution in [0, 0.1) is 11.3 Å². The van der Waals surface area contributed by atoms with Crippen molar-refractivity contribution >= 4 is 11.8 Å². The van der Waals surface area contributed by atoms with Crippen LogP contribution in [-0.2, 0) is 9.53 Å². The second-order valence-corrected chi connectivity index (χ2v) is 3.97. The third kappa shape index (κ3) is 5.08. The van der Waals surface area contributed by atoms with E-state index in [1.165, 1.54) is 0 Å². The highest BCUT2D eigenvalue weighted by molar-refractivity contribution is 5.97. The van der Waals surface area contributed by atoms with Gasteiger partial charge in [-0.3, -0.25) is 9.59 Å². The Bertz CT molecular complexity index is 482. The molecule has 0 aliphatic heterocycles. The topological polar surface area (TPSA) is 91.2 Å². The molecule has 0 saturated carbocycles. The monoisotopic (exact) mass is 275 g/mol. The van der Waals surface area contributed by atoms with E-state index in [9.17, 15) is 9.59 Å². The Morgan fingerprint density at radius 2 is 2.05 bits per heavy atom. The van der Waals surface area contributed by atoms with Crippen molar-refractivity contribution in [2.75, 3.05) is 13.2 Å². The van der Waals surface area contributed by atoms with E-state index < -0.39 is 18.0 Å². The molecular formula is C14H17N3O3. The third-order valence-electron chi connectivity index (χ3n) is 2.37. The van der Waals surface area contributed by atoms with Gasteiger partial charge < -0.3 is 15.4 Å². The molecule has 0 aliphatic rings. The van der Waals surface area contributed by atoms with Gasteiger partial charge in [0, 0.05) is 12.2 Å². The number of carbonyl (C=O) groups excluding carboxylic acids is 2. The largest absolute Gasteiger partial charge is 0.350 e. The van der Waals surface area contributed by atoms with Crippen LogP contribution in [0.25, 0.3) is 0 Å². The van der Waals surface area contributed by atoms with Gasteiger partial charge in [0.25, 0.3) is 11.8 Å². The third-order valence-corrected chi connectivity index (χ3v) is 2.37. The lowest BCUT2D eigenvalue weighted by Gasteiger charge is -2.18. The molecule has 2 N–H and O–H groups in total. The minimum atomic E-state index is -1.10. The lowest BCUT2D eigenvalue weighted by Crippen LogP contribution is -2.48. The van der Waals surface area contributed by atoms with E-state index in [1.54, 1.807) is 36.4 Å². The number of carbonyl (C=O) groups is 2. The maximum Gasteiger partial charge on any atom is 0.270 e. The summed E-state index contributed by atoms with van der Waals surface area (Å²) in [6.45, 7) is 2.09. The number of nitrogens with zero attached hydrogens (tertiary/aromatic N) is 1. The van der Waals surface area contributed by atoms with E-state index >= 15 is 0 Å². The first-order valence-corrected chi connectivity index (χ1v) is 6.31. The minimum absolute atomic E-state index is 0.133. The SMILES string of the molecule is CCCOC(NC(=O)c1ccccc1)C(=O)NCC#N. The van der Waals surface area contributed by atoms with Gasteiger partial charge in [0.2, 0.25) is 6.23 Å². The Morgan fingerprint density at radius 1 is 1.35 bits per heavy atom. The predicted octanol–water partition coefficient (Wildman–Crippen LogP) is 0.809. The Balaban J connectivity index is 2.66. The second-order valence-electron chi connectivity index (χ2n) is 3.97. The van der Waals surface area contributed by atoms with Gasteiger partial charge >= 0.3 is 0 Å². The van der Waals surface area contributed by atoms with Gasteiger partial charge in [0.05, 0.1) is 6.07 Å². The highest BCUT2D eigenvalue weighted by Crippen LogP contribution is 2.00. The van der Waals surface area contributed by atoms with E-state index in [-0.39, 0.29) is 6.54 Å². The standard InChI is InChI=1S/C14H17N3O3/c1-2-10-20-14(13(19)16-9-8-15)17-12(18)11-6-4-3-5-7-11/h3-7,14H,2,9-10H2,1H3,(H,16,19)(H,17,18). The molecule has 1 aromatic carbocycles. The molecule has 0 saturated heterocycles. The summed E-state index contributed by atoms with van der Waals surface area (Å²) in [4.78, 5) is 23.7. The van der Waals surface area contributed by atoms with Crippen LogP contribution in [0.2, 0.25) is 0 Å². The zero-order valence-corrected chi connectivity index (χ0v) is 11.3. The normalized spacial score (nSPS) is 11.2. The van der Waals surface area contributed by atoms with Crippen molar-refractivity contribution in [3.63, 3.8) is 0 Å². The fourth-order valence-corrected chi connectivity index (χ4v) is 1.43. The van der Waals surface area contributed by atoms with Crippen LogP contribution in [0.4, 0.5) is 0 Å². The molecule has 0 fully saturated rings. The average molecular weight is 275 g/mol. The van der Waals surface area contributed by atoms with Crippen LogP contribution in [0.1, 0.15) is 23.7 Å². The molecule has 6 nitrogen and oxygen atoms in total. The van der Waals surface area contributed by atoms with Crippen molar-refractivity contribution in [2.24, 2.45) is 0 Å². The maximum atomic E-state index is 12.0. The van der Waals surface area contributed by atoms with Crippen LogP contribution >= 0.6 is 0 Å². The molecule has 2 amide bonds. The van der Waals surface area contributed by atoms with Gasteiger partial charge in [-0.15, -0.1) is 0 Å². The summed E-state index contributed by atoms with van der Waals surface area (Å²) in [5, 5.41) is 13.3. The molecule has 1 rings (SSSR count). The fraction of sp³-hybridized carbons (Fsp3) is 0.357. The van der Waals surface area contributed by atoms with Crippen molar-refractivity contribution in [3.8, 4) is 6.07 Å². The van der Waals surface area contributed by atoms with Crippen molar-refractivity contribution in [1.82, 2.24) is 10.6 Å². The lowest BCUT2D eigenvalue weighted by atomic mass is 10.2. The highest BCUT2D eigenvalue weighted by atomic mass is 16.5. The predicted molar refractivity (Wildman–Crippen MR) is 72.6 cm³/mol. The van der Waals surface area contributed by atoms with Crippen molar-refractivity contribution < 1.29 is 14.3 Å². The number of amides is 2. The number of hydrogen-bond acceptors (Lipinski definition) is 4. The van der Waals surface area contributed by atoms with Crippen LogP contribution in [0.5, 0.6) is 0 Å². The summed E-state index contributed by atoms with van der Waals surface area (Å²) in [5.74, 6) is -0.942. The number of hydrogen-bond donors (Lipinski definition) is 2. The molecule has 0 spiro atoms. The van der Waals surface area contributed by atoms with E-state index in [0.717, 1.165) is 0 Å². The molecule has 6 heteroatoms. The van der Waals surface area contributed by atoms with E-state index in [2.05, 4.69) is 10.6 Å². The van der Waals surface area contributed by atoms with Crippen molar-refractivity contribution in [3.05, 3.63) is 35.9 Å². The summed E-state index contributed by atoms with van der Waals surface area (Å²) in [6, 6.07) is 10.3. The van der Waals surface area contributed by atoms with Crippen LogP contribution in [0.3, 0.4) is 0 Å². The second kappa shape index (κ2) is 8.67. The molecule has 0 heterocycles. The summed E-state index contributed by atoms with van der Waals surface area (Å²) in [5.41, 5.74) is 0.436. The van der Waals surface area contributed by atoms with Crippen LogP contribution in [0.15, 0.2) is 30.3 Å². The molecule has 0 radical (unpaired) electrons. The van der Waals surface area contributed by atoms with E-state index in [4.69, 9.17) is 10.00 Å². The number of nitriles is 1. The van der Waals surface area contributed by atoms with Crippen molar-refractivity contribution in [1.29, 1.82) is 5.26 Å². The number of benzene rings is 1. The molecule has 106 valence electrons. The molecule has 20 heavy (non-hydrogen) atoms. The number of rotatable bonds is 7.